The lowest BCUT2D eigenvalue weighted by atomic mass is 10.0. The molecule has 0 saturated heterocycles. The zero-order valence-electron chi connectivity index (χ0n) is 12.5. The molecular weight excluding hydrogens is 310 g/mol. The summed E-state index contributed by atoms with van der Waals surface area (Å²) in [5, 5.41) is 8.44. The van der Waals surface area contributed by atoms with E-state index < -0.39 is 26.4 Å². The van der Waals surface area contributed by atoms with Gasteiger partial charge in [-0.15, -0.1) is 0 Å². The van der Waals surface area contributed by atoms with Gasteiger partial charge >= 0.3 is 0 Å². The summed E-state index contributed by atoms with van der Waals surface area (Å²) in [5.41, 5.74) is 0.225. The van der Waals surface area contributed by atoms with E-state index in [4.69, 9.17) is 0 Å². The number of benzene rings is 2. The SMILES string of the molecule is Cc1ccc([C@@H]2[C@H](S(=O)(=O)c3ccccc3)[C@]2(C#N)C=O)cc1. The zero-order valence-corrected chi connectivity index (χ0v) is 13.3. The van der Waals surface area contributed by atoms with E-state index in [2.05, 4.69) is 0 Å². The standard InChI is InChI=1S/C18H15NO3S/c1-13-7-9-14(10-8-13)16-17(18(16,11-19)12-20)23(21,22)15-5-3-2-4-6-15/h2-10,12,16-17H,1H3/t16-,17+,18-/m1/s1. The molecule has 0 aromatic heterocycles. The van der Waals surface area contributed by atoms with Crippen LogP contribution in [-0.4, -0.2) is 20.0 Å². The molecule has 0 spiro atoms. The highest BCUT2D eigenvalue weighted by molar-refractivity contribution is 7.92. The monoisotopic (exact) mass is 325 g/mol. The van der Waals surface area contributed by atoms with Crippen LogP contribution >= 0.6 is 0 Å². The van der Waals surface area contributed by atoms with Crippen molar-refractivity contribution in [3.05, 3.63) is 65.7 Å². The van der Waals surface area contributed by atoms with Crippen molar-refractivity contribution in [2.24, 2.45) is 5.41 Å². The van der Waals surface area contributed by atoms with Gasteiger partial charge in [-0.3, -0.25) is 0 Å². The van der Waals surface area contributed by atoms with Gasteiger partial charge in [0, 0.05) is 5.92 Å². The van der Waals surface area contributed by atoms with Crippen LogP contribution in [0.25, 0.3) is 0 Å². The minimum absolute atomic E-state index is 0.140. The molecule has 3 rings (SSSR count). The van der Waals surface area contributed by atoms with E-state index in [-0.39, 0.29) is 4.90 Å². The second kappa shape index (κ2) is 5.32. The fourth-order valence-corrected chi connectivity index (χ4v) is 5.35. The third-order valence-corrected chi connectivity index (χ3v) is 6.67. The Morgan fingerprint density at radius 2 is 1.70 bits per heavy atom. The topological polar surface area (TPSA) is 75.0 Å². The molecule has 0 bridgehead atoms. The Kier molecular flexibility index (Phi) is 3.57. The fraction of sp³-hybridized carbons (Fsp3) is 0.222. The summed E-state index contributed by atoms with van der Waals surface area (Å²) in [5.74, 6) is -0.629. The molecule has 1 aliphatic rings. The van der Waals surface area contributed by atoms with Crippen molar-refractivity contribution in [3.63, 3.8) is 0 Å². The molecule has 0 aliphatic heterocycles. The minimum Gasteiger partial charge on any atom is -0.302 e. The van der Waals surface area contributed by atoms with Crippen LogP contribution < -0.4 is 0 Å². The molecule has 2 aromatic rings. The van der Waals surface area contributed by atoms with Crippen molar-refractivity contribution in [1.29, 1.82) is 5.26 Å². The summed E-state index contributed by atoms with van der Waals surface area (Å²) in [4.78, 5) is 11.7. The average molecular weight is 325 g/mol. The molecule has 0 heterocycles. The summed E-state index contributed by atoms with van der Waals surface area (Å²) in [6, 6.07) is 17.2. The first-order valence-corrected chi connectivity index (χ1v) is 8.75. The molecule has 116 valence electrons. The predicted molar refractivity (Wildman–Crippen MR) is 85.4 cm³/mol. The number of hydrogen-bond donors (Lipinski definition) is 0. The van der Waals surface area contributed by atoms with Crippen LogP contribution in [0.2, 0.25) is 0 Å². The Labute approximate surface area is 135 Å². The van der Waals surface area contributed by atoms with Crippen molar-refractivity contribution in [3.8, 4) is 6.07 Å². The normalized spacial score (nSPS) is 26.3. The zero-order chi connectivity index (χ0) is 16.7. The maximum Gasteiger partial charge on any atom is 0.183 e. The second-order valence-electron chi connectivity index (χ2n) is 5.83. The average Bonchev–Trinajstić information content (AvgIpc) is 3.27. The Morgan fingerprint density at radius 1 is 1.09 bits per heavy atom. The van der Waals surface area contributed by atoms with Crippen LogP contribution in [0.5, 0.6) is 0 Å². The van der Waals surface area contributed by atoms with E-state index in [1.807, 2.05) is 25.1 Å². The van der Waals surface area contributed by atoms with E-state index in [0.29, 0.717) is 11.8 Å². The highest BCUT2D eigenvalue weighted by Crippen LogP contribution is 2.62. The van der Waals surface area contributed by atoms with Crippen LogP contribution in [0.3, 0.4) is 0 Å². The molecule has 0 N–H and O–H groups in total. The minimum atomic E-state index is -3.76. The van der Waals surface area contributed by atoms with Crippen LogP contribution in [0.4, 0.5) is 0 Å². The molecule has 1 fully saturated rings. The smallest absolute Gasteiger partial charge is 0.183 e. The molecule has 3 atom stereocenters. The number of nitrogens with zero attached hydrogens (tertiary/aromatic N) is 1. The molecule has 1 saturated carbocycles. The Balaban J connectivity index is 2.09. The maximum atomic E-state index is 12.9. The van der Waals surface area contributed by atoms with Gasteiger partial charge in [0.05, 0.1) is 11.0 Å². The third kappa shape index (κ3) is 2.27. The highest BCUT2D eigenvalue weighted by atomic mass is 32.2. The van der Waals surface area contributed by atoms with Gasteiger partial charge in [-0.2, -0.15) is 5.26 Å². The number of carbonyl (C=O) groups excluding carboxylic acids is 1. The Hall–Kier alpha value is -2.45. The predicted octanol–water partition coefficient (Wildman–Crippen LogP) is 2.64. The molecule has 5 heteroatoms. The summed E-state index contributed by atoms with van der Waals surface area (Å²) in [6.07, 6.45) is 0.489. The number of aryl methyl sites for hydroxylation is 1. The molecule has 0 radical (unpaired) electrons. The quantitative estimate of drug-likeness (QED) is 0.810. The lowest BCUT2D eigenvalue weighted by molar-refractivity contribution is -0.110. The molecular formula is C18H15NO3S. The van der Waals surface area contributed by atoms with Gasteiger partial charge in [0.1, 0.15) is 17.0 Å². The van der Waals surface area contributed by atoms with Gasteiger partial charge < -0.3 is 4.79 Å². The van der Waals surface area contributed by atoms with E-state index in [1.54, 1.807) is 30.3 Å². The number of carbonyl (C=O) groups is 1. The first kappa shape index (κ1) is 15.4. The number of sulfone groups is 1. The first-order valence-electron chi connectivity index (χ1n) is 7.20. The van der Waals surface area contributed by atoms with Gasteiger partial charge in [-0.05, 0) is 24.6 Å². The van der Waals surface area contributed by atoms with E-state index in [9.17, 15) is 18.5 Å². The molecule has 0 unspecified atom stereocenters. The van der Waals surface area contributed by atoms with Gasteiger partial charge in [-0.25, -0.2) is 8.42 Å². The van der Waals surface area contributed by atoms with Crippen molar-refractivity contribution in [2.45, 2.75) is 23.0 Å². The van der Waals surface area contributed by atoms with E-state index >= 15 is 0 Å². The molecule has 4 nitrogen and oxygen atoms in total. The molecule has 1 aliphatic carbocycles. The van der Waals surface area contributed by atoms with Crippen molar-refractivity contribution in [2.75, 3.05) is 0 Å². The van der Waals surface area contributed by atoms with Crippen LogP contribution in [0.15, 0.2) is 59.5 Å². The third-order valence-electron chi connectivity index (χ3n) is 4.41. The van der Waals surface area contributed by atoms with E-state index in [0.717, 1.165) is 5.56 Å². The van der Waals surface area contributed by atoms with Gasteiger partial charge in [0.25, 0.3) is 0 Å². The van der Waals surface area contributed by atoms with Crippen molar-refractivity contribution < 1.29 is 13.2 Å². The lowest BCUT2D eigenvalue weighted by Gasteiger charge is -2.04. The fourth-order valence-electron chi connectivity index (χ4n) is 3.09. The second-order valence-corrected chi connectivity index (χ2v) is 7.90. The summed E-state index contributed by atoms with van der Waals surface area (Å²) >= 11 is 0. The van der Waals surface area contributed by atoms with Gasteiger partial charge in [0.15, 0.2) is 9.84 Å². The highest BCUT2D eigenvalue weighted by Gasteiger charge is 2.72. The van der Waals surface area contributed by atoms with Crippen LogP contribution in [0, 0.1) is 23.7 Å². The summed E-state index contributed by atoms with van der Waals surface area (Å²) < 4.78 is 25.7. The van der Waals surface area contributed by atoms with Crippen molar-refractivity contribution >= 4 is 16.1 Å². The van der Waals surface area contributed by atoms with E-state index in [1.165, 1.54) is 12.1 Å². The number of nitriles is 1. The number of aldehydes is 1. The van der Waals surface area contributed by atoms with Crippen LogP contribution in [-0.2, 0) is 14.6 Å². The lowest BCUT2D eigenvalue weighted by Crippen LogP contribution is -2.16. The van der Waals surface area contributed by atoms with Crippen LogP contribution in [0.1, 0.15) is 17.0 Å². The summed E-state index contributed by atoms with van der Waals surface area (Å²) in [6.45, 7) is 1.92. The summed E-state index contributed by atoms with van der Waals surface area (Å²) in [7, 11) is -3.76. The first-order chi connectivity index (χ1) is 11.0. The molecule has 23 heavy (non-hydrogen) atoms. The molecule has 0 amide bonds. The Bertz CT molecular complexity index is 882. The maximum absolute atomic E-state index is 12.9. The van der Waals surface area contributed by atoms with Gasteiger partial charge in [-0.1, -0.05) is 48.0 Å². The molecule has 2 aromatic carbocycles. The van der Waals surface area contributed by atoms with Gasteiger partial charge in [0.2, 0.25) is 0 Å². The number of rotatable bonds is 4. The largest absolute Gasteiger partial charge is 0.302 e. The Morgan fingerprint density at radius 3 is 2.22 bits per heavy atom. The van der Waals surface area contributed by atoms with Crippen molar-refractivity contribution in [1.82, 2.24) is 0 Å². The number of hydrogen-bond acceptors (Lipinski definition) is 4.